The van der Waals surface area contributed by atoms with Crippen LogP contribution in [0.25, 0.3) is 0 Å². The molecule has 0 aromatic carbocycles. The van der Waals surface area contributed by atoms with Crippen molar-refractivity contribution < 1.29 is 14.4 Å². The van der Waals surface area contributed by atoms with E-state index in [-0.39, 0.29) is 29.6 Å². The highest BCUT2D eigenvalue weighted by molar-refractivity contribution is 6.01. The Morgan fingerprint density at radius 2 is 2.05 bits per heavy atom. The third kappa shape index (κ3) is 5.85. The first-order valence-electron chi connectivity index (χ1n) is 6.80. The van der Waals surface area contributed by atoms with Gasteiger partial charge in [-0.15, -0.1) is 0 Å². The normalized spacial score (nSPS) is 21.8. The summed E-state index contributed by atoms with van der Waals surface area (Å²) in [7, 11) is 0. The molecule has 5 heteroatoms. The zero-order valence-corrected chi connectivity index (χ0v) is 12.2. The van der Waals surface area contributed by atoms with Gasteiger partial charge in [-0.05, 0) is 24.2 Å². The highest BCUT2D eigenvalue weighted by Crippen LogP contribution is 2.25. The predicted molar refractivity (Wildman–Crippen MR) is 72.2 cm³/mol. The first-order chi connectivity index (χ1) is 8.67. The fourth-order valence-corrected chi connectivity index (χ4v) is 2.52. The molecule has 3 amide bonds. The number of nitrogens with one attached hydrogen (secondary N) is 2. The summed E-state index contributed by atoms with van der Waals surface area (Å²) in [5.74, 6) is -0.510. The van der Waals surface area contributed by atoms with Gasteiger partial charge in [-0.3, -0.25) is 19.7 Å². The summed E-state index contributed by atoms with van der Waals surface area (Å²) in [6, 6.07) is -0.563. The van der Waals surface area contributed by atoms with Gasteiger partial charge in [-0.25, -0.2) is 0 Å². The highest BCUT2D eigenvalue weighted by atomic mass is 16.2. The Labute approximate surface area is 114 Å². The van der Waals surface area contributed by atoms with E-state index >= 15 is 0 Å². The summed E-state index contributed by atoms with van der Waals surface area (Å²) < 4.78 is 0. The van der Waals surface area contributed by atoms with Crippen molar-refractivity contribution in [1.82, 2.24) is 10.6 Å². The molecule has 1 heterocycles. The second-order valence-electron chi connectivity index (χ2n) is 6.65. The van der Waals surface area contributed by atoms with Crippen LogP contribution in [0, 0.1) is 11.3 Å². The van der Waals surface area contributed by atoms with Crippen molar-refractivity contribution in [2.45, 2.75) is 59.4 Å². The number of hydrogen-bond acceptors (Lipinski definition) is 3. The lowest BCUT2D eigenvalue weighted by Crippen LogP contribution is -2.52. The maximum absolute atomic E-state index is 11.9. The molecule has 0 aromatic heterocycles. The molecule has 5 nitrogen and oxygen atoms in total. The Kier molecular flexibility index (Phi) is 5.09. The maximum atomic E-state index is 11.9. The Morgan fingerprint density at radius 3 is 2.58 bits per heavy atom. The van der Waals surface area contributed by atoms with Crippen molar-refractivity contribution in [3.8, 4) is 0 Å². The Bertz CT molecular complexity index is 371. The van der Waals surface area contributed by atoms with Gasteiger partial charge in [0, 0.05) is 12.8 Å². The van der Waals surface area contributed by atoms with Gasteiger partial charge in [-0.1, -0.05) is 27.7 Å². The summed E-state index contributed by atoms with van der Waals surface area (Å²) in [6.45, 7) is 8.46. The van der Waals surface area contributed by atoms with Gasteiger partial charge >= 0.3 is 0 Å². The van der Waals surface area contributed by atoms with Gasteiger partial charge in [0.2, 0.25) is 17.7 Å². The quantitative estimate of drug-likeness (QED) is 0.756. The van der Waals surface area contributed by atoms with Crippen LogP contribution in [0.2, 0.25) is 0 Å². The molecule has 0 bridgehead atoms. The van der Waals surface area contributed by atoms with Gasteiger partial charge in [0.05, 0.1) is 0 Å². The van der Waals surface area contributed by atoms with E-state index in [1.807, 2.05) is 6.92 Å². The fraction of sp³-hybridized carbons (Fsp3) is 0.786. The molecule has 0 aromatic rings. The summed E-state index contributed by atoms with van der Waals surface area (Å²) in [6.07, 6.45) is 2.04. The van der Waals surface area contributed by atoms with Crippen LogP contribution < -0.4 is 10.6 Å². The van der Waals surface area contributed by atoms with Crippen LogP contribution in [-0.4, -0.2) is 23.8 Å². The van der Waals surface area contributed by atoms with E-state index < -0.39 is 11.9 Å². The monoisotopic (exact) mass is 268 g/mol. The van der Waals surface area contributed by atoms with Gasteiger partial charge in [0.15, 0.2) is 0 Å². The minimum Gasteiger partial charge on any atom is -0.344 e. The van der Waals surface area contributed by atoms with Crippen LogP contribution in [0.5, 0.6) is 0 Å². The van der Waals surface area contributed by atoms with Gasteiger partial charge in [-0.2, -0.15) is 0 Å². The number of rotatable bonds is 4. The molecule has 0 saturated carbocycles. The second kappa shape index (κ2) is 6.17. The average molecular weight is 268 g/mol. The Balaban J connectivity index is 2.39. The summed E-state index contributed by atoms with van der Waals surface area (Å²) >= 11 is 0. The van der Waals surface area contributed by atoms with Crippen molar-refractivity contribution in [1.29, 1.82) is 0 Å². The largest absolute Gasteiger partial charge is 0.344 e. The van der Waals surface area contributed by atoms with Crippen molar-refractivity contribution in [3.63, 3.8) is 0 Å². The molecule has 19 heavy (non-hydrogen) atoms. The standard InChI is InChI=1S/C14H24N2O3/c1-9(8-14(2,3)4)7-12(18)15-10-5-6-11(17)16-13(10)19/h9-10H,5-8H2,1-4H3,(H,15,18)(H,16,17,19). The Morgan fingerprint density at radius 1 is 1.42 bits per heavy atom. The minimum atomic E-state index is -0.563. The average Bonchev–Trinajstić information content (AvgIpc) is 2.19. The number of amides is 3. The third-order valence-corrected chi connectivity index (χ3v) is 3.07. The molecule has 1 rings (SSSR count). The second-order valence-corrected chi connectivity index (χ2v) is 6.65. The first kappa shape index (κ1) is 15.7. The molecule has 2 atom stereocenters. The number of carbonyl (C=O) groups excluding carboxylic acids is 3. The maximum Gasteiger partial charge on any atom is 0.249 e. The summed E-state index contributed by atoms with van der Waals surface area (Å²) in [5, 5.41) is 4.94. The summed E-state index contributed by atoms with van der Waals surface area (Å²) in [4.78, 5) is 34.4. The van der Waals surface area contributed by atoms with Gasteiger partial charge in [0.1, 0.15) is 6.04 Å². The number of imide groups is 1. The molecule has 1 aliphatic heterocycles. The SMILES string of the molecule is CC(CC(=O)NC1CCC(=O)NC1=O)CC(C)(C)C. The van der Waals surface area contributed by atoms with E-state index in [0.717, 1.165) is 6.42 Å². The van der Waals surface area contributed by atoms with Crippen LogP contribution in [-0.2, 0) is 14.4 Å². The molecule has 2 N–H and O–H groups in total. The van der Waals surface area contributed by atoms with E-state index in [1.54, 1.807) is 0 Å². The number of hydrogen-bond donors (Lipinski definition) is 2. The topological polar surface area (TPSA) is 75.3 Å². The molecule has 108 valence electrons. The molecular weight excluding hydrogens is 244 g/mol. The van der Waals surface area contributed by atoms with E-state index in [0.29, 0.717) is 12.8 Å². The van der Waals surface area contributed by atoms with Crippen molar-refractivity contribution in [2.24, 2.45) is 11.3 Å². The highest BCUT2D eigenvalue weighted by Gasteiger charge is 2.28. The molecule has 1 aliphatic rings. The molecule has 0 aliphatic carbocycles. The number of piperidine rings is 1. The van der Waals surface area contributed by atoms with Gasteiger partial charge in [0.25, 0.3) is 0 Å². The van der Waals surface area contributed by atoms with Crippen molar-refractivity contribution in [3.05, 3.63) is 0 Å². The molecule has 0 radical (unpaired) electrons. The zero-order chi connectivity index (χ0) is 14.6. The van der Waals surface area contributed by atoms with Crippen molar-refractivity contribution in [2.75, 3.05) is 0 Å². The molecule has 2 unspecified atom stereocenters. The van der Waals surface area contributed by atoms with E-state index in [2.05, 4.69) is 31.4 Å². The van der Waals surface area contributed by atoms with Crippen molar-refractivity contribution >= 4 is 17.7 Å². The lowest BCUT2D eigenvalue weighted by molar-refractivity contribution is -0.137. The summed E-state index contributed by atoms with van der Waals surface area (Å²) in [5.41, 5.74) is 0.189. The van der Waals surface area contributed by atoms with Gasteiger partial charge < -0.3 is 5.32 Å². The Hall–Kier alpha value is -1.39. The first-order valence-corrected chi connectivity index (χ1v) is 6.80. The predicted octanol–water partition coefficient (Wildman–Crippen LogP) is 1.37. The van der Waals surface area contributed by atoms with Crippen LogP contribution in [0.4, 0.5) is 0 Å². The molecular formula is C14H24N2O3. The third-order valence-electron chi connectivity index (χ3n) is 3.07. The smallest absolute Gasteiger partial charge is 0.249 e. The van der Waals surface area contributed by atoms with E-state index in [9.17, 15) is 14.4 Å². The van der Waals surface area contributed by atoms with Crippen LogP contribution in [0.3, 0.4) is 0 Å². The lowest BCUT2D eigenvalue weighted by Gasteiger charge is -2.25. The van der Waals surface area contributed by atoms with Crippen LogP contribution in [0.1, 0.15) is 53.4 Å². The molecule has 0 spiro atoms. The minimum absolute atomic E-state index is 0.119. The molecule has 1 saturated heterocycles. The van der Waals surface area contributed by atoms with Crippen LogP contribution >= 0.6 is 0 Å². The number of carbonyl (C=O) groups is 3. The fourth-order valence-electron chi connectivity index (χ4n) is 2.52. The molecule has 1 fully saturated rings. The van der Waals surface area contributed by atoms with Crippen LogP contribution in [0.15, 0.2) is 0 Å². The van der Waals surface area contributed by atoms with E-state index in [1.165, 1.54) is 0 Å². The lowest BCUT2D eigenvalue weighted by atomic mass is 9.84. The zero-order valence-electron chi connectivity index (χ0n) is 12.2. The van der Waals surface area contributed by atoms with E-state index in [4.69, 9.17) is 0 Å².